The molecule has 1 aromatic heterocycles. The van der Waals surface area contributed by atoms with Crippen LogP contribution in [0, 0.1) is 0 Å². The Hall–Kier alpha value is -3.06. The number of ether oxygens (including phenoxy) is 1. The molecule has 0 saturated carbocycles. The van der Waals surface area contributed by atoms with Gasteiger partial charge in [-0.15, -0.1) is 6.58 Å². The van der Waals surface area contributed by atoms with Gasteiger partial charge in [-0.2, -0.15) is 13.8 Å². The second-order valence-corrected chi connectivity index (χ2v) is 5.83. The van der Waals surface area contributed by atoms with E-state index in [0.717, 1.165) is 5.56 Å². The highest BCUT2D eigenvalue weighted by molar-refractivity contribution is 5.63. The zero-order valence-electron chi connectivity index (χ0n) is 14.6. The summed E-state index contributed by atoms with van der Waals surface area (Å²) in [6, 6.07) is 16.3. The van der Waals surface area contributed by atoms with Crippen molar-refractivity contribution in [3.63, 3.8) is 0 Å². The fraction of sp³-hybridized carbons (Fsp3) is 0.200. The predicted octanol–water partition coefficient (Wildman–Crippen LogP) is 4.53. The van der Waals surface area contributed by atoms with Crippen molar-refractivity contribution in [2.45, 2.75) is 19.7 Å². The summed E-state index contributed by atoms with van der Waals surface area (Å²) in [7, 11) is 0. The van der Waals surface area contributed by atoms with E-state index in [2.05, 4.69) is 26.4 Å². The van der Waals surface area contributed by atoms with Crippen molar-refractivity contribution in [2.75, 3.05) is 6.54 Å². The summed E-state index contributed by atoms with van der Waals surface area (Å²) in [5.74, 6) is 0.598. The highest BCUT2D eigenvalue weighted by Crippen LogP contribution is 2.29. The van der Waals surface area contributed by atoms with Gasteiger partial charge in [0.25, 0.3) is 0 Å². The van der Waals surface area contributed by atoms with Gasteiger partial charge in [-0.25, -0.2) is 0 Å². The Bertz CT molecular complexity index is 868. The Morgan fingerprint density at radius 3 is 2.56 bits per heavy atom. The average Bonchev–Trinajstić information content (AvgIpc) is 3.11. The third kappa shape index (κ3) is 5.21. The van der Waals surface area contributed by atoms with Crippen LogP contribution in [0.4, 0.5) is 8.78 Å². The van der Waals surface area contributed by atoms with Crippen LogP contribution in [0.1, 0.15) is 11.5 Å². The number of alkyl halides is 2. The summed E-state index contributed by atoms with van der Waals surface area (Å²) in [6.45, 7) is 2.59. The lowest BCUT2D eigenvalue weighted by Crippen LogP contribution is -2.23. The van der Waals surface area contributed by atoms with Gasteiger partial charge in [0, 0.05) is 13.1 Å². The number of halogens is 2. The van der Waals surface area contributed by atoms with Crippen LogP contribution >= 0.6 is 0 Å². The van der Waals surface area contributed by atoms with Crippen LogP contribution in [0.2, 0.25) is 0 Å². The highest BCUT2D eigenvalue weighted by atomic mass is 19.3. The minimum atomic E-state index is -2.92. The third-order valence-electron chi connectivity index (χ3n) is 3.81. The average molecular weight is 371 g/mol. The monoisotopic (exact) mass is 371 g/mol. The molecule has 0 bridgehead atoms. The summed E-state index contributed by atoms with van der Waals surface area (Å²) < 4.78 is 35.0. The van der Waals surface area contributed by atoms with E-state index in [9.17, 15) is 8.78 Å². The van der Waals surface area contributed by atoms with E-state index in [1.54, 1.807) is 24.3 Å². The number of para-hydroxylation sites is 1. The number of hydrogen-bond donors (Lipinski definition) is 0. The number of rotatable bonds is 9. The van der Waals surface area contributed by atoms with E-state index >= 15 is 0 Å². The molecule has 0 atom stereocenters. The van der Waals surface area contributed by atoms with Crippen LogP contribution in [0.3, 0.4) is 0 Å². The zero-order chi connectivity index (χ0) is 19.1. The maximum Gasteiger partial charge on any atom is 0.387 e. The molecular weight excluding hydrogens is 352 g/mol. The summed E-state index contributed by atoms with van der Waals surface area (Å²) in [5, 5.41) is 3.91. The van der Waals surface area contributed by atoms with Crippen LogP contribution in [0.15, 0.2) is 71.8 Å². The maximum absolute atomic E-state index is 12.6. The number of aromatic nitrogens is 2. The molecule has 0 spiro atoms. The lowest BCUT2D eigenvalue weighted by molar-refractivity contribution is -0.0494. The highest BCUT2D eigenvalue weighted by Gasteiger charge is 2.17. The van der Waals surface area contributed by atoms with Gasteiger partial charge in [-0.05, 0) is 17.7 Å². The fourth-order valence-corrected chi connectivity index (χ4v) is 2.68. The van der Waals surface area contributed by atoms with Crippen molar-refractivity contribution in [1.82, 2.24) is 15.0 Å². The maximum atomic E-state index is 12.6. The summed E-state index contributed by atoms with van der Waals surface area (Å²) >= 11 is 0. The van der Waals surface area contributed by atoms with Crippen LogP contribution in [0.25, 0.3) is 11.4 Å². The van der Waals surface area contributed by atoms with Gasteiger partial charge >= 0.3 is 6.61 Å². The standard InChI is InChI=1S/C20H19F2N3O2/c1-2-12-25(13-15-8-4-3-5-9-15)14-18-23-19(24-27-18)16-10-6-7-11-17(16)26-20(21)22/h2-11,20H,1,12-14H2. The molecule has 3 rings (SSSR count). The molecule has 0 aliphatic carbocycles. The first-order chi connectivity index (χ1) is 13.2. The lowest BCUT2D eigenvalue weighted by atomic mass is 10.2. The van der Waals surface area contributed by atoms with Gasteiger partial charge in [0.1, 0.15) is 5.75 Å². The molecule has 3 aromatic rings. The number of benzene rings is 2. The van der Waals surface area contributed by atoms with Gasteiger partial charge in [-0.1, -0.05) is 53.7 Å². The van der Waals surface area contributed by atoms with Gasteiger partial charge in [0.15, 0.2) is 0 Å². The van der Waals surface area contributed by atoms with Crippen molar-refractivity contribution < 1.29 is 18.0 Å². The number of nitrogens with zero attached hydrogens (tertiary/aromatic N) is 3. The van der Waals surface area contributed by atoms with Crippen molar-refractivity contribution in [1.29, 1.82) is 0 Å². The summed E-state index contributed by atoms with van der Waals surface area (Å²) in [5.41, 5.74) is 1.50. The zero-order valence-corrected chi connectivity index (χ0v) is 14.6. The molecule has 0 fully saturated rings. The molecular formula is C20H19F2N3O2. The second-order valence-electron chi connectivity index (χ2n) is 5.83. The van der Waals surface area contributed by atoms with Crippen LogP contribution in [-0.4, -0.2) is 28.2 Å². The van der Waals surface area contributed by atoms with E-state index in [1.807, 2.05) is 30.3 Å². The Morgan fingerprint density at radius 2 is 1.81 bits per heavy atom. The summed E-state index contributed by atoms with van der Waals surface area (Å²) in [4.78, 5) is 6.42. The van der Waals surface area contributed by atoms with Crippen LogP contribution < -0.4 is 4.74 Å². The normalized spacial score (nSPS) is 11.1. The molecule has 0 unspecified atom stereocenters. The SMILES string of the molecule is C=CCN(Cc1ccccc1)Cc1nc(-c2ccccc2OC(F)F)no1. The van der Waals surface area contributed by atoms with Crippen molar-refractivity contribution in [3.8, 4) is 17.1 Å². The Labute approximate surface area is 155 Å². The molecule has 27 heavy (non-hydrogen) atoms. The van der Waals surface area contributed by atoms with Gasteiger partial charge < -0.3 is 9.26 Å². The van der Waals surface area contributed by atoms with E-state index in [-0.39, 0.29) is 11.6 Å². The molecule has 0 aliphatic heterocycles. The first-order valence-electron chi connectivity index (χ1n) is 8.39. The molecule has 0 amide bonds. The molecule has 0 aliphatic rings. The van der Waals surface area contributed by atoms with E-state index in [4.69, 9.17) is 4.52 Å². The largest absolute Gasteiger partial charge is 0.434 e. The van der Waals surface area contributed by atoms with Crippen LogP contribution in [-0.2, 0) is 13.1 Å². The number of hydrogen-bond acceptors (Lipinski definition) is 5. The Kier molecular flexibility index (Phi) is 6.27. The first-order valence-corrected chi connectivity index (χ1v) is 8.39. The van der Waals surface area contributed by atoms with Crippen molar-refractivity contribution in [2.24, 2.45) is 0 Å². The minimum absolute atomic E-state index is 0.00656. The van der Waals surface area contributed by atoms with E-state index in [1.165, 1.54) is 6.07 Å². The van der Waals surface area contributed by atoms with E-state index in [0.29, 0.717) is 31.1 Å². The summed E-state index contributed by atoms with van der Waals surface area (Å²) in [6.07, 6.45) is 1.80. The molecule has 0 N–H and O–H groups in total. The molecule has 2 aromatic carbocycles. The molecule has 5 nitrogen and oxygen atoms in total. The topological polar surface area (TPSA) is 51.4 Å². The van der Waals surface area contributed by atoms with Crippen molar-refractivity contribution in [3.05, 3.63) is 78.7 Å². The molecule has 0 saturated heterocycles. The van der Waals surface area contributed by atoms with Gasteiger partial charge in [-0.3, -0.25) is 4.90 Å². The minimum Gasteiger partial charge on any atom is -0.434 e. The van der Waals surface area contributed by atoms with E-state index < -0.39 is 6.61 Å². The first kappa shape index (κ1) is 18.7. The van der Waals surface area contributed by atoms with Gasteiger partial charge in [0.2, 0.25) is 11.7 Å². The Morgan fingerprint density at radius 1 is 1.07 bits per heavy atom. The molecule has 1 heterocycles. The fourth-order valence-electron chi connectivity index (χ4n) is 2.68. The smallest absolute Gasteiger partial charge is 0.387 e. The molecule has 140 valence electrons. The quantitative estimate of drug-likeness (QED) is 0.518. The lowest BCUT2D eigenvalue weighted by Gasteiger charge is -2.18. The third-order valence-corrected chi connectivity index (χ3v) is 3.81. The van der Waals surface area contributed by atoms with Crippen LogP contribution in [0.5, 0.6) is 5.75 Å². The second kappa shape index (κ2) is 9.05. The molecule has 7 heteroatoms. The molecule has 0 radical (unpaired) electrons. The Balaban J connectivity index is 1.75. The predicted molar refractivity (Wildman–Crippen MR) is 97.1 cm³/mol. The van der Waals surface area contributed by atoms with Crippen molar-refractivity contribution >= 4 is 0 Å². The van der Waals surface area contributed by atoms with Gasteiger partial charge in [0.05, 0.1) is 12.1 Å².